The van der Waals surface area contributed by atoms with Crippen LogP contribution in [0.15, 0.2) is 33.9 Å². The maximum Gasteiger partial charge on any atom is 0.342 e. The van der Waals surface area contributed by atoms with Gasteiger partial charge in [-0.2, -0.15) is 5.10 Å². The Morgan fingerprint density at radius 2 is 2.16 bits per heavy atom. The zero-order chi connectivity index (χ0) is 13.8. The monoisotopic (exact) mass is 262 g/mol. The molecule has 3 N–H and O–H groups in total. The average Bonchev–Trinajstić information content (AvgIpc) is 2.38. The van der Waals surface area contributed by atoms with Crippen LogP contribution >= 0.6 is 0 Å². The van der Waals surface area contributed by atoms with E-state index in [1.807, 2.05) is 10.1 Å². The highest BCUT2D eigenvalue weighted by Gasteiger charge is 2.13. The third-order valence-electron chi connectivity index (χ3n) is 2.25. The smallest absolute Gasteiger partial charge is 0.342 e. The normalized spacial score (nSPS) is 9.95. The minimum atomic E-state index is -0.857. The number of methoxy groups -OCH3 is 1. The highest BCUT2D eigenvalue weighted by atomic mass is 16.5. The number of nitrogens with zero attached hydrogens (tertiary/aromatic N) is 1. The molecule has 2 rings (SSSR count). The van der Waals surface area contributed by atoms with Crippen LogP contribution in [0.1, 0.15) is 10.5 Å². The first-order chi connectivity index (χ1) is 9.10. The number of rotatable bonds is 3. The number of hydrogen-bond donors (Lipinski definition) is 3. The Labute approximate surface area is 106 Å². The van der Waals surface area contributed by atoms with Crippen LogP contribution in [0, 0.1) is 0 Å². The number of ether oxygens (including phenoxy) is 1. The molecule has 0 aliphatic heterocycles. The molecular weight excluding hydrogens is 252 g/mol. The summed E-state index contributed by atoms with van der Waals surface area (Å²) in [6.07, 6.45) is 0. The number of nitrogens with one attached hydrogen (secondary N) is 3. The van der Waals surface area contributed by atoms with Crippen molar-refractivity contribution in [2.24, 2.45) is 0 Å². The molecule has 0 unspecified atom stereocenters. The summed E-state index contributed by atoms with van der Waals surface area (Å²) < 4.78 is 5.00. The number of carbonyl (C=O) groups is 1. The summed E-state index contributed by atoms with van der Waals surface area (Å²) in [6, 6.07) is 6.59. The molecule has 8 nitrogen and oxygen atoms in total. The Morgan fingerprint density at radius 1 is 1.37 bits per heavy atom. The summed E-state index contributed by atoms with van der Waals surface area (Å²) in [5, 5.41) is 7.84. The highest BCUT2D eigenvalue weighted by molar-refractivity contribution is 6.02. The molecule has 1 aromatic heterocycles. The summed E-state index contributed by atoms with van der Waals surface area (Å²) in [5.74, 6) is -0.174. The van der Waals surface area contributed by atoms with Gasteiger partial charge in [0.25, 0.3) is 11.5 Å². The van der Waals surface area contributed by atoms with Gasteiger partial charge in [-0.1, -0.05) is 6.07 Å². The van der Waals surface area contributed by atoms with E-state index in [0.717, 1.165) is 0 Å². The minimum Gasteiger partial charge on any atom is -0.497 e. The van der Waals surface area contributed by atoms with Gasteiger partial charge in [-0.25, -0.2) is 9.89 Å². The van der Waals surface area contributed by atoms with Crippen molar-refractivity contribution in [3.8, 4) is 5.75 Å². The number of benzene rings is 1. The first-order valence-corrected chi connectivity index (χ1v) is 5.24. The van der Waals surface area contributed by atoms with E-state index >= 15 is 0 Å². The van der Waals surface area contributed by atoms with Gasteiger partial charge in [0.2, 0.25) is 5.69 Å². The summed E-state index contributed by atoms with van der Waals surface area (Å²) in [7, 11) is 1.50. The molecule has 0 fully saturated rings. The molecule has 0 saturated carbocycles. The van der Waals surface area contributed by atoms with Crippen LogP contribution < -0.4 is 21.3 Å². The van der Waals surface area contributed by atoms with E-state index in [4.69, 9.17) is 4.74 Å². The second kappa shape index (κ2) is 5.17. The third-order valence-corrected chi connectivity index (χ3v) is 2.25. The van der Waals surface area contributed by atoms with Crippen molar-refractivity contribution >= 4 is 11.6 Å². The van der Waals surface area contributed by atoms with Crippen molar-refractivity contribution in [2.75, 3.05) is 12.4 Å². The van der Waals surface area contributed by atoms with Gasteiger partial charge in [-0.3, -0.25) is 14.6 Å². The maximum absolute atomic E-state index is 11.8. The van der Waals surface area contributed by atoms with Gasteiger partial charge in [-0.15, -0.1) is 0 Å². The van der Waals surface area contributed by atoms with E-state index < -0.39 is 22.9 Å². The van der Waals surface area contributed by atoms with Crippen LogP contribution in [0.4, 0.5) is 5.69 Å². The number of hydrogen-bond acceptors (Lipinski definition) is 5. The molecule has 0 aliphatic rings. The Hall–Kier alpha value is -2.90. The fourth-order valence-corrected chi connectivity index (χ4v) is 1.39. The van der Waals surface area contributed by atoms with Crippen molar-refractivity contribution in [2.45, 2.75) is 0 Å². The van der Waals surface area contributed by atoms with Crippen molar-refractivity contribution in [3.05, 3.63) is 50.8 Å². The molecular formula is C11H10N4O4. The van der Waals surface area contributed by atoms with Gasteiger partial charge in [0, 0.05) is 11.8 Å². The lowest BCUT2D eigenvalue weighted by molar-refractivity contribution is 0.101. The quantitative estimate of drug-likeness (QED) is 0.703. The van der Waals surface area contributed by atoms with Crippen LogP contribution in [0.5, 0.6) is 5.75 Å². The van der Waals surface area contributed by atoms with Crippen molar-refractivity contribution in [1.82, 2.24) is 15.2 Å². The van der Waals surface area contributed by atoms with Crippen LogP contribution in [0.2, 0.25) is 0 Å². The Morgan fingerprint density at radius 3 is 2.84 bits per heavy atom. The number of H-pyrrole nitrogens is 2. The van der Waals surface area contributed by atoms with E-state index in [1.165, 1.54) is 7.11 Å². The lowest BCUT2D eigenvalue weighted by Gasteiger charge is -2.05. The summed E-state index contributed by atoms with van der Waals surface area (Å²) in [4.78, 5) is 35.9. The molecule has 0 atom stereocenters. The van der Waals surface area contributed by atoms with Crippen LogP contribution in [-0.4, -0.2) is 28.2 Å². The van der Waals surface area contributed by atoms with Crippen molar-refractivity contribution in [3.63, 3.8) is 0 Å². The molecule has 1 heterocycles. The molecule has 0 saturated heterocycles. The molecule has 1 aromatic carbocycles. The predicted octanol–water partition coefficient (Wildman–Crippen LogP) is -0.281. The third kappa shape index (κ3) is 2.86. The SMILES string of the molecule is COc1cccc(NC(=O)c2n[nH]c(=O)[nH]c2=O)c1. The van der Waals surface area contributed by atoms with Crippen LogP contribution in [0.3, 0.4) is 0 Å². The van der Waals surface area contributed by atoms with E-state index in [2.05, 4.69) is 10.4 Å². The van der Waals surface area contributed by atoms with Gasteiger partial charge in [0.05, 0.1) is 7.11 Å². The summed E-state index contributed by atoms with van der Waals surface area (Å²) >= 11 is 0. The molecule has 0 radical (unpaired) electrons. The van der Waals surface area contributed by atoms with Gasteiger partial charge < -0.3 is 10.1 Å². The Balaban J connectivity index is 2.25. The van der Waals surface area contributed by atoms with E-state index in [-0.39, 0.29) is 0 Å². The van der Waals surface area contributed by atoms with E-state index in [1.54, 1.807) is 24.3 Å². The topological polar surface area (TPSA) is 117 Å². The largest absolute Gasteiger partial charge is 0.497 e. The van der Waals surface area contributed by atoms with Crippen molar-refractivity contribution in [1.29, 1.82) is 0 Å². The van der Waals surface area contributed by atoms with E-state index in [9.17, 15) is 14.4 Å². The first kappa shape index (κ1) is 12.6. The van der Waals surface area contributed by atoms with Crippen molar-refractivity contribution < 1.29 is 9.53 Å². The lowest BCUT2D eigenvalue weighted by atomic mass is 10.3. The van der Waals surface area contributed by atoms with Gasteiger partial charge in [0.15, 0.2) is 0 Å². The first-order valence-electron chi connectivity index (χ1n) is 5.24. The molecule has 1 amide bonds. The number of aromatic nitrogens is 3. The van der Waals surface area contributed by atoms with Gasteiger partial charge in [-0.05, 0) is 12.1 Å². The Kier molecular flexibility index (Phi) is 3.42. The fraction of sp³-hybridized carbons (Fsp3) is 0.0909. The van der Waals surface area contributed by atoms with E-state index in [0.29, 0.717) is 11.4 Å². The second-order valence-electron chi connectivity index (χ2n) is 3.54. The average molecular weight is 262 g/mol. The Bertz CT molecular complexity index is 719. The maximum atomic E-state index is 11.8. The van der Waals surface area contributed by atoms with Crippen LogP contribution in [-0.2, 0) is 0 Å². The van der Waals surface area contributed by atoms with Crippen LogP contribution in [0.25, 0.3) is 0 Å². The molecule has 19 heavy (non-hydrogen) atoms. The zero-order valence-electron chi connectivity index (χ0n) is 9.89. The van der Waals surface area contributed by atoms with Gasteiger partial charge in [0.1, 0.15) is 5.75 Å². The molecule has 0 aliphatic carbocycles. The molecule has 0 bridgehead atoms. The molecule has 8 heteroatoms. The number of aromatic amines is 2. The fourth-order valence-electron chi connectivity index (χ4n) is 1.39. The minimum absolute atomic E-state index is 0.428. The number of amides is 1. The summed E-state index contributed by atoms with van der Waals surface area (Å²) in [5.41, 5.74) is -1.62. The highest BCUT2D eigenvalue weighted by Crippen LogP contribution is 2.16. The second-order valence-corrected chi connectivity index (χ2v) is 3.54. The zero-order valence-corrected chi connectivity index (χ0v) is 9.89. The predicted molar refractivity (Wildman–Crippen MR) is 66.4 cm³/mol. The molecule has 0 spiro atoms. The lowest BCUT2D eigenvalue weighted by Crippen LogP contribution is -2.32. The molecule has 98 valence electrons. The number of carbonyl (C=O) groups excluding carboxylic acids is 1. The standard InChI is InChI=1S/C11H10N4O4/c1-19-7-4-2-3-6(5-7)12-9(16)8-10(17)13-11(18)15-14-8/h2-5H,1H3,(H,12,16)(H2,13,15,17,18). The number of anilines is 1. The molecule has 2 aromatic rings. The van der Waals surface area contributed by atoms with Gasteiger partial charge >= 0.3 is 5.69 Å². The summed E-state index contributed by atoms with van der Waals surface area (Å²) in [6.45, 7) is 0.